The lowest BCUT2D eigenvalue weighted by Crippen LogP contribution is -2.49. The third-order valence-electron chi connectivity index (χ3n) is 4.89. The van der Waals surface area contributed by atoms with E-state index in [0.717, 1.165) is 10.5 Å². The first-order valence-corrected chi connectivity index (χ1v) is 9.26. The largest absolute Gasteiger partial charge is 0.445 e. The van der Waals surface area contributed by atoms with Gasteiger partial charge in [0, 0.05) is 25.4 Å². The van der Waals surface area contributed by atoms with Crippen LogP contribution >= 0.6 is 0 Å². The molecule has 0 aromatic heterocycles. The Labute approximate surface area is 161 Å². The van der Waals surface area contributed by atoms with Gasteiger partial charge < -0.3 is 15.4 Å². The smallest absolute Gasteiger partial charge is 0.410 e. The first kappa shape index (κ1) is 20.0. The fourth-order valence-electron chi connectivity index (χ4n) is 3.41. The predicted octanol–water partition coefficient (Wildman–Crippen LogP) is 1.82. The lowest BCUT2D eigenvalue weighted by Gasteiger charge is -2.25. The molecule has 2 atom stereocenters. The van der Waals surface area contributed by atoms with E-state index < -0.39 is 36.9 Å². The quantitative estimate of drug-likeness (QED) is 0.814. The number of rotatable bonds is 4. The van der Waals surface area contributed by atoms with Gasteiger partial charge in [0.25, 0.3) is 5.92 Å². The zero-order chi connectivity index (χ0) is 20.1. The van der Waals surface area contributed by atoms with Gasteiger partial charge >= 0.3 is 6.09 Å². The third-order valence-corrected chi connectivity index (χ3v) is 4.89. The van der Waals surface area contributed by atoms with Gasteiger partial charge in [-0.1, -0.05) is 30.3 Å². The third kappa shape index (κ3) is 5.17. The Bertz CT molecular complexity index is 729. The van der Waals surface area contributed by atoms with Crippen molar-refractivity contribution < 1.29 is 27.9 Å². The maximum absolute atomic E-state index is 13.9. The molecule has 3 rings (SSSR count). The average Bonchev–Trinajstić information content (AvgIpc) is 2.86. The predicted molar refractivity (Wildman–Crippen MR) is 95.5 cm³/mol. The molecule has 0 spiro atoms. The van der Waals surface area contributed by atoms with Crippen LogP contribution in [-0.2, 0) is 20.9 Å². The fourth-order valence-corrected chi connectivity index (χ4v) is 3.41. The molecule has 2 heterocycles. The number of hydrogen-bond acceptors (Lipinski definition) is 4. The second kappa shape index (κ2) is 8.53. The molecular formula is C19H23F2N3O4. The molecule has 2 saturated heterocycles. The number of carbonyl (C=O) groups excluding carboxylic acids is 3. The van der Waals surface area contributed by atoms with E-state index in [1.165, 1.54) is 0 Å². The summed E-state index contributed by atoms with van der Waals surface area (Å²) in [7, 11) is 0. The minimum absolute atomic E-state index is 0.0630. The standard InChI is InChI=1S/C19H23F2N3O4/c20-19(21)10-15(17(26)23-14-6-7-16(25)22-9-8-14)24(12-19)18(27)28-11-13-4-2-1-3-5-13/h1-5,14-15H,6-12H2,(H,22,25)(H,23,26). The van der Waals surface area contributed by atoms with Gasteiger partial charge in [0.05, 0.1) is 6.54 Å². The highest BCUT2D eigenvalue weighted by Crippen LogP contribution is 2.33. The highest BCUT2D eigenvalue weighted by atomic mass is 19.3. The summed E-state index contributed by atoms with van der Waals surface area (Å²) in [6.45, 7) is -0.511. The first-order valence-electron chi connectivity index (χ1n) is 9.26. The van der Waals surface area contributed by atoms with E-state index in [2.05, 4.69) is 10.6 Å². The second-order valence-corrected chi connectivity index (χ2v) is 7.13. The van der Waals surface area contributed by atoms with Crippen molar-refractivity contribution in [2.24, 2.45) is 0 Å². The topological polar surface area (TPSA) is 87.7 Å². The molecular weight excluding hydrogens is 372 g/mol. The Kier molecular flexibility index (Phi) is 6.11. The van der Waals surface area contributed by atoms with Gasteiger partial charge in [-0.3, -0.25) is 14.5 Å². The van der Waals surface area contributed by atoms with Crippen LogP contribution in [-0.4, -0.2) is 53.9 Å². The summed E-state index contributed by atoms with van der Waals surface area (Å²) in [6.07, 6.45) is -0.491. The van der Waals surface area contributed by atoms with Crippen molar-refractivity contribution in [2.45, 2.75) is 50.3 Å². The monoisotopic (exact) mass is 395 g/mol. The number of likely N-dealkylation sites (tertiary alicyclic amines) is 1. The average molecular weight is 395 g/mol. The molecule has 7 nitrogen and oxygen atoms in total. The molecule has 152 valence electrons. The fraction of sp³-hybridized carbons (Fsp3) is 0.526. The Hall–Kier alpha value is -2.71. The van der Waals surface area contributed by atoms with Gasteiger partial charge in [-0.05, 0) is 18.4 Å². The number of nitrogens with zero attached hydrogens (tertiary/aromatic N) is 1. The molecule has 1 aromatic rings. The summed E-state index contributed by atoms with van der Waals surface area (Å²) in [5.41, 5.74) is 0.721. The Morgan fingerprint density at radius 2 is 2.00 bits per heavy atom. The van der Waals surface area contributed by atoms with Crippen LogP contribution < -0.4 is 10.6 Å². The molecule has 3 amide bonds. The number of halogens is 2. The van der Waals surface area contributed by atoms with E-state index in [1.807, 2.05) is 6.07 Å². The summed E-state index contributed by atoms with van der Waals surface area (Å²) in [4.78, 5) is 37.1. The van der Waals surface area contributed by atoms with Crippen molar-refractivity contribution in [1.29, 1.82) is 0 Å². The lowest BCUT2D eigenvalue weighted by atomic mass is 10.1. The zero-order valence-corrected chi connectivity index (χ0v) is 15.3. The van der Waals surface area contributed by atoms with Gasteiger partial charge in [-0.2, -0.15) is 0 Å². The first-order chi connectivity index (χ1) is 13.3. The van der Waals surface area contributed by atoms with Gasteiger partial charge in [0.2, 0.25) is 11.8 Å². The number of amides is 3. The molecule has 2 unspecified atom stereocenters. The van der Waals surface area contributed by atoms with Crippen molar-refractivity contribution >= 4 is 17.9 Å². The van der Waals surface area contributed by atoms with Gasteiger partial charge in [-0.15, -0.1) is 0 Å². The van der Waals surface area contributed by atoms with E-state index in [9.17, 15) is 23.2 Å². The summed E-state index contributed by atoms with van der Waals surface area (Å²) in [5.74, 6) is -3.90. The minimum atomic E-state index is -3.16. The Morgan fingerprint density at radius 3 is 2.75 bits per heavy atom. The van der Waals surface area contributed by atoms with E-state index in [-0.39, 0.29) is 25.0 Å². The van der Waals surface area contributed by atoms with Crippen LogP contribution in [0, 0.1) is 0 Å². The number of alkyl halides is 2. The molecule has 2 aliphatic heterocycles. The summed E-state index contributed by atoms with van der Waals surface area (Å²) < 4.78 is 33.0. The SMILES string of the molecule is O=C1CCC(NC(=O)C2CC(F)(F)CN2C(=O)OCc2ccccc2)CCN1. The van der Waals surface area contributed by atoms with Crippen LogP contribution in [0.3, 0.4) is 0 Å². The molecule has 0 saturated carbocycles. The van der Waals surface area contributed by atoms with Crippen LogP contribution in [0.2, 0.25) is 0 Å². The van der Waals surface area contributed by atoms with Crippen LogP contribution in [0.1, 0.15) is 31.2 Å². The molecule has 2 N–H and O–H groups in total. The Morgan fingerprint density at radius 1 is 1.25 bits per heavy atom. The summed E-state index contributed by atoms with van der Waals surface area (Å²) in [6, 6.07) is 7.25. The number of carbonyl (C=O) groups is 3. The molecule has 0 bridgehead atoms. The molecule has 0 radical (unpaired) electrons. The van der Waals surface area contributed by atoms with Crippen LogP contribution in [0.4, 0.5) is 13.6 Å². The zero-order valence-electron chi connectivity index (χ0n) is 15.3. The van der Waals surface area contributed by atoms with E-state index in [1.54, 1.807) is 24.3 Å². The second-order valence-electron chi connectivity index (χ2n) is 7.13. The van der Waals surface area contributed by atoms with Gasteiger partial charge in [0.15, 0.2) is 0 Å². The molecule has 9 heteroatoms. The number of ether oxygens (including phenoxy) is 1. The molecule has 0 aliphatic carbocycles. The minimum Gasteiger partial charge on any atom is -0.445 e. The van der Waals surface area contributed by atoms with Crippen LogP contribution in [0.25, 0.3) is 0 Å². The van der Waals surface area contributed by atoms with Crippen LogP contribution in [0.5, 0.6) is 0 Å². The van der Waals surface area contributed by atoms with Crippen molar-refractivity contribution in [2.75, 3.05) is 13.1 Å². The van der Waals surface area contributed by atoms with Gasteiger partial charge in [0.1, 0.15) is 12.6 Å². The number of nitrogens with one attached hydrogen (secondary N) is 2. The normalized spacial score (nSPS) is 24.2. The molecule has 2 fully saturated rings. The number of benzene rings is 1. The summed E-state index contributed by atoms with van der Waals surface area (Å²) in [5, 5.41) is 5.40. The number of hydrogen-bond donors (Lipinski definition) is 2. The molecule has 28 heavy (non-hydrogen) atoms. The molecule has 2 aliphatic rings. The van der Waals surface area contributed by atoms with Crippen LogP contribution in [0.15, 0.2) is 30.3 Å². The van der Waals surface area contributed by atoms with Crippen molar-refractivity contribution in [3.05, 3.63) is 35.9 Å². The lowest BCUT2D eigenvalue weighted by molar-refractivity contribution is -0.126. The van der Waals surface area contributed by atoms with E-state index in [0.29, 0.717) is 19.4 Å². The van der Waals surface area contributed by atoms with E-state index >= 15 is 0 Å². The maximum atomic E-state index is 13.9. The maximum Gasteiger partial charge on any atom is 0.410 e. The van der Waals surface area contributed by atoms with Crippen molar-refractivity contribution in [3.8, 4) is 0 Å². The Balaban J connectivity index is 1.61. The highest BCUT2D eigenvalue weighted by Gasteiger charge is 2.50. The summed E-state index contributed by atoms with van der Waals surface area (Å²) >= 11 is 0. The van der Waals surface area contributed by atoms with Crippen molar-refractivity contribution in [3.63, 3.8) is 0 Å². The van der Waals surface area contributed by atoms with E-state index in [4.69, 9.17) is 4.74 Å². The molecule has 1 aromatic carbocycles. The van der Waals surface area contributed by atoms with Gasteiger partial charge in [-0.25, -0.2) is 13.6 Å². The highest BCUT2D eigenvalue weighted by molar-refractivity contribution is 5.87. The van der Waals surface area contributed by atoms with Crippen molar-refractivity contribution in [1.82, 2.24) is 15.5 Å².